The van der Waals surface area contributed by atoms with E-state index >= 15 is 0 Å². The van der Waals surface area contributed by atoms with Crippen LogP contribution in [0.2, 0.25) is 0 Å². The van der Waals surface area contributed by atoms with E-state index in [0.29, 0.717) is 30.7 Å². The molecule has 1 heterocycles. The zero-order valence-electron chi connectivity index (χ0n) is 13.6. The van der Waals surface area contributed by atoms with Crippen LogP contribution in [0.3, 0.4) is 0 Å². The Morgan fingerprint density at radius 2 is 2.17 bits per heavy atom. The molecular weight excluding hydrogens is 290 g/mol. The Balaban J connectivity index is 1.59. The first-order valence-corrected chi connectivity index (χ1v) is 8.17. The molecule has 122 valence electrons. The van der Waals surface area contributed by atoms with Crippen LogP contribution in [0.4, 0.5) is 0 Å². The quantitative estimate of drug-likeness (QED) is 0.824. The van der Waals surface area contributed by atoms with Crippen molar-refractivity contribution in [1.29, 1.82) is 0 Å². The Kier molecular flexibility index (Phi) is 4.65. The van der Waals surface area contributed by atoms with Crippen molar-refractivity contribution >= 4 is 5.91 Å². The lowest BCUT2D eigenvalue weighted by Crippen LogP contribution is -2.23. The number of amides is 1. The summed E-state index contributed by atoms with van der Waals surface area (Å²) in [5.74, 6) is 1.69. The fourth-order valence-corrected chi connectivity index (χ4v) is 2.37. The van der Waals surface area contributed by atoms with Gasteiger partial charge in [0, 0.05) is 23.7 Å². The van der Waals surface area contributed by atoms with Crippen LogP contribution < -0.4 is 10.1 Å². The molecule has 0 spiro atoms. The second-order valence-electron chi connectivity index (χ2n) is 6.48. The number of aromatic amines is 1. The summed E-state index contributed by atoms with van der Waals surface area (Å²) in [6.07, 6.45) is 2.37. The van der Waals surface area contributed by atoms with Crippen molar-refractivity contribution < 1.29 is 9.53 Å². The van der Waals surface area contributed by atoms with E-state index in [-0.39, 0.29) is 5.91 Å². The van der Waals surface area contributed by atoms with Gasteiger partial charge in [0.1, 0.15) is 11.4 Å². The molecule has 0 aliphatic heterocycles. The highest BCUT2D eigenvalue weighted by Crippen LogP contribution is 2.38. The predicted octanol–water partition coefficient (Wildman–Crippen LogP) is 3.25. The van der Waals surface area contributed by atoms with E-state index in [0.717, 1.165) is 17.0 Å². The predicted molar refractivity (Wildman–Crippen MR) is 88.5 cm³/mol. The third-order valence-corrected chi connectivity index (χ3v) is 3.83. The summed E-state index contributed by atoms with van der Waals surface area (Å²) >= 11 is 0. The number of carbonyl (C=O) groups excluding carboxylic acids is 1. The summed E-state index contributed by atoms with van der Waals surface area (Å²) in [6.45, 7) is 5.31. The first kappa shape index (κ1) is 15.6. The van der Waals surface area contributed by atoms with E-state index in [9.17, 15) is 4.79 Å². The summed E-state index contributed by atoms with van der Waals surface area (Å²) in [5.41, 5.74) is 2.49. The molecule has 1 saturated carbocycles. The number of hydrogen-bond acceptors (Lipinski definition) is 3. The van der Waals surface area contributed by atoms with Gasteiger partial charge in [0.25, 0.3) is 5.91 Å². The van der Waals surface area contributed by atoms with Gasteiger partial charge in [0.05, 0.1) is 6.61 Å². The zero-order chi connectivity index (χ0) is 16.2. The fraction of sp³-hybridized carbons (Fsp3) is 0.444. The van der Waals surface area contributed by atoms with Gasteiger partial charge >= 0.3 is 0 Å². The number of benzene rings is 1. The number of hydrogen-bond donors (Lipinski definition) is 2. The number of nitrogens with zero attached hydrogens (tertiary/aromatic N) is 1. The minimum Gasteiger partial charge on any atom is -0.493 e. The monoisotopic (exact) mass is 313 g/mol. The van der Waals surface area contributed by atoms with E-state index in [1.165, 1.54) is 12.8 Å². The lowest BCUT2D eigenvalue weighted by molar-refractivity contribution is 0.0945. The van der Waals surface area contributed by atoms with Crippen LogP contribution >= 0.6 is 0 Å². The van der Waals surface area contributed by atoms with Gasteiger partial charge in [-0.1, -0.05) is 32.0 Å². The minimum atomic E-state index is -0.160. The number of H-pyrrole nitrogens is 1. The van der Waals surface area contributed by atoms with Crippen molar-refractivity contribution in [2.24, 2.45) is 5.92 Å². The van der Waals surface area contributed by atoms with Crippen molar-refractivity contribution in [2.75, 3.05) is 6.61 Å². The van der Waals surface area contributed by atoms with Gasteiger partial charge < -0.3 is 10.1 Å². The van der Waals surface area contributed by atoms with Gasteiger partial charge in [-0.25, -0.2) is 0 Å². The molecule has 1 aromatic carbocycles. The van der Waals surface area contributed by atoms with Crippen LogP contribution in [0, 0.1) is 5.92 Å². The highest BCUT2D eigenvalue weighted by molar-refractivity contribution is 5.92. The topological polar surface area (TPSA) is 67.0 Å². The van der Waals surface area contributed by atoms with E-state index in [4.69, 9.17) is 4.74 Å². The summed E-state index contributed by atoms with van der Waals surface area (Å²) in [7, 11) is 0. The number of nitrogens with one attached hydrogen (secondary N) is 2. The zero-order valence-corrected chi connectivity index (χ0v) is 13.6. The van der Waals surface area contributed by atoms with Crippen molar-refractivity contribution in [3.8, 4) is 5.75 Å². The Bertz CT molecular complexity index is 674. The molecular formula is C18H23N3O2. The van der Waals surface area contributed by atoms with Crippen molar-refractivity contribution in [3.05, 3.63) is 47.3 Å². The molecule has 0 saturated heterocycles. The number of rotatable bonds is 7. The van der Waals surface area contributed by atoms with Crippen LogP contribution in [0.25, 0.3) is 0 Å². The molecule has 0 unspecified atom stereocenters. The molecule has 1 amide bonds. The third kappa shape index (κ3) is 4.12. The standard InChI is InChI=1S/C18H23N3O2/c1-12(2)11-23-17-6-4-3-5-14(17)10-19-18(22)16-9-15(20-21-16)13-7-8-13/h3-6,9,12-13H,7-8,10-11H2,1-2H3,(H,19,22)(H,20,21). The number of carbonyl (C=O) groups is 1. The molecule has 0 atom stereocenters. The number of aromatic nitrogens is 2. The van der Waals surface area contributed by atoms with Gasteiger partial charge in [-0.3, -0.25) is 9.89 Å². The first-order chi connectivity index (χ1) is 11.1. The van der Waals surface area contributed by atoms with Crippen LogP contribution in [-0.2, 0) is 6.54 Å². The average Bonchev–Trinajstić information content (AvgIpc) is 3.28. The van der Waals surface area contributed by atoms with E-state index < -0.39 is 0 Å². The molecule has 1 aliphatic rings. The number of para-hydroxylation sites is 1. The lowest BCUT2D eigenvalue weighted by atomic mass is 10.2. The van der Waals surface area contributed by atoms with Crippen molar-refractivity contribution in [2.45, 2.75) is 39.2 Å². The highest BCUT2D eigenvalue weighted by atomic mass is 16.5. The normalized spacial score (nSPS) is 14.0. The van der Waals surface area contributed by atoms with Gasteiger partial charge in [-0.2, -0.15) is 5.10 Å². The van der Waals surface area contributed by atoms with Crippen LogP contribution in [0.15, 0.2) is 30.3 Å². The summed E-state index contributed by atoms with van der Waals surface area (Å²) < 4.78 is 5.81. The molecule has 0 bridgehead atoms. The molecule has 1 aliphatic carbocycles. The SMILES string of the molecule is CC(C)COc1ccccc1CNC(=O)c1cc(C2CC2)[nH]n1. The molecule has 0 radical (unpaired) electrons. The largest absolute Gasteiger partial charge is 0.493 e. The van der Waals surface area contributed by atoms with Crippen molar-refractivity contribution in [3.63, 3.8) is 0 Å². The summed E-state index contributed by atoms with van der Waals surface area (Å²) in [6, 6.07) is 9.65. The summed E-state index contributed by atoms with van der Waals surface area (Å²) in [4.78, 5) is 12.2. The van der Waals surface area contributed by atoms with Crippen molar-refractivity contribution in [1.82, 2.24) is 15.5 Å². The second-order valence-corrected chi connectivity index (χ2v) is 6.48. The van der Waals surface area contributed by atoms with Gasteiger partial charge in [0.15, 0.2) is 0 Å². The Morgan fingerprint density at radius 3 is 2.91 bits per heavy atom. The highest BCUT2D eigenvalue weighted by Gasteiger charge is 2.26. The smallest absolute Gasteiger partial charge is 0.272 e. The Hall–Kier alpha value is -2.30. The van der Waals surface area contributed by atoms with E-state index in [1.807, 2.05) is 30.3 Å². The average molecular weight is 313 g/mol. The number of ether oxygens (including phenoxy) is 1. The fourth-order valence-electron chi connectivity index (χ4n) is 2.37. The van der Waals surface area contributed by atoms with Gasteiger partial charge in [-0.05, 0) is 30.9 Å². The Morgan fingerprint density at radius 1 is 1.39 bits per heavy atom. The Labute approximate surface area is 136 Å². The lowest BCUT2D eigenvalue weighted by Gasteiger charge is -2.13. The maximum Gasteiger partial charge on any atom is 0.272 e. The molecule has 1 aromatic heterocycles. The molecule has 5 nitrogen and oxygen atoms in total. The molecule has 3 rings (SSSR count). The minimum absolute atomic E-state index is 0.160. The molecule has 2 aromatic rings. The van der Waals surface area contributed by atoms with E-state index in [2.05, 4.69) is 29.4 Å². The molecule has 2 N–H and O–H groups in total. The third-order valence-electron chi connectivity index (χ3n) is 3.83. The van der Waals surface area contributed by atoms with E-state index in [1.54, 1.807) is 0 Å². The van der Waals surface area contributed by atoms with Crippen LogP contribution in [-0.4, -0.2) is 22.7 Å². The maximum absolute atomic E-state index is 12.2. The van der Waals surface area contributed by atoms with Gasteiger partial charge in [-0.15, -0.1) is 0 Å². The molecule has 1 fully saturated rings. The second kappa shape index (κ2) is 6.86. The molecule has 5 heteroatoms. The first-order valence-electron chi connectivity index (χ1n) is 8.17. The van der Waals surface area contributed by atoms with Gasteiger partial charge in [0.2, 0.25) is 0 Å². The maximum atomic E-state index is 12.2. The van der Waals surface area contributed by atoms with Crippen LogP contribution in [0.5, 0.6) is 5.75 Å². The summed E-state index contributed by atoms with van der Waals surface area (Å²) in [5, 5.41) is 9.97. The van der Waals surface area contributed by atoms with Crippen LogP contribution in [0.1, 0.15) is 54.4 Å². The molecule has 23 heavy (non-hydrogen) atoms.